The molecule has 11 heteroatoms. The Kier molecular flexibility index (Phi) is 8.76. The molecule has 186 valence electrons. The summed E-state index contributed by atoms with van der Waals surface area (Å²) in [5.41, 5.74) is 2.55. The first-order valence-electron chi connectivity index (χ1n) is 10.6. The normalized spacial score (nSPS) is 11.1. The van der Waals surface area contributed by atoms with Crippen LogP contribution in [0.4, 0.5) is 18.9 Å². The minimum atomic E-state index is -4.52. The molecule has 0 aliphatic carbocycles. The van der Waals surface area contributed by atoms with Gasteiger partial charge in [0.2, 0.25) is 0 Å². The highest BCUT2D eigenvalue weighted by Gasteiger charge is 2.30. The van der Waals surface area contributed by atoms with Crippen LogP contribution in [0.15, 0.2) is 84.0 Å². The van der Waals surface area contributed by atoms with Gasteiger partial charge in [-0.05, 0) is 41.5 Å². The third kappa shape index (κ3) is 8.28. The molecule has 8 nitrogen and oxygen atoms in total. The molecule has 0 atom stereocenters. The van der Waals surface area contributed by atoms with E-state index in [-0.39, 0.29) is 18.0 Å². The molecular weight excluding hydrogens is 477 g/mol. The van der Waals surface area contributed by atoms with Crippen LogP contribution in [-0.2, 0) is 27.1 Å². The number of amides is 3. The van der Waals surface area contributed by atoms with Crippen LogP contribution in [0.1, 0.15) is 16.7 Å². The fourth-order valence-electron chi connectivity index (χ4n) is 2.88. The summed E-state index contributed by atoms with van der Waals surface area (Å²) in [7, 11) is 0. The standard InChI is InChI=1S/C25H21F3N4O4/c26-25(27,28)19-9-5-10-20(13-19)31-22(33)16-36-21-11-4-8-18(12-21)15-30-32-24(35)23(34)29-14-17-6-2-1-3-7-17/h1-13,15H,14,16H2,(H,29,34)(H,31,33)(H,32,35)/b30-15-. The molecule has 0 unspecified atom stereocenters. The van der Waals surface area contributed by atoms with Gasteiger partial charge in [-0.15, -0.1) is 0 Å². The Morgan fingerprint density at radius 2 is 1.64 bits per heavy atom. The highest BCUT2D eigenvalue weighted by atomic mass is 19.4. The van der Waals surface area contributed by atoms with Crippen molar-refractivity contribution in [1.29, 1.82) is 0 Å². The van der Waals surface area contributed by atoms with Gasteiger partial charge in [-0.25, -0.2) is 5.43 Å². The van der Waals surface area contributed by atoms with E-state index in [4.69, 9.17) is 4.74 Å². The second-order valence-electron chi connectivity index (χ2n) is 7.36. The smallest absolute Gasteiger partial charge is 0.416 e. The molecular formula is C25H21F3N4O4. The largest absolute Gasteiger partial charge is 0.484 e. The number of nitrogens with zero attached hydrogens (tertiary/aromatic N) is 1. The first-order valence-corrected chi connectivity index (χ1v) is 10.6. The molecule has 3 N–H and O–H groups in total. The summed E-state index contributed by atoms with van der Waals surface area (Å²) in [4.78, 5) is 35.8. The van der Waals surface area contributed by atoms with Gasteiger partial charge in [-0.2, -0.15) is 18.3 Å². The van der Waals surface area contributed by atoms with Crippen molar-refractivity contribution in [1.82, 2.24) is 10.7 Å². The van der Waals surface area contributed by atoms with Gasteiger partial charge in [-0.3, -0.25) is 14.4 Å². The van der Waals surface area contributed by atoms with Gasteiger partial charge in [0.05, 0.1) is 11.8 Å². The molecule has 0 spiro atoms. The SMILES string of the molecule is O=C(COc1cccc(/C=N\NC(=O)C(=O)NCc2ccccc2)c1)Nc1cccc(C(F)(F)F)c1. The van der Waals surface area contributed by atoms with E-state index in [1.165, 1.54) is 24.4 Å². The minimum absolute atomic E-state index is 0.0112. The predicted molar refractivity (Wildman–Crippen MR) is 126 cm³/mol. The number of carbonyl (C=O) groups is 3. The monoisotopic (exact) mass is 498 g/mol. The predicted octanol–water partition coefficient (Wildman–Crippen LogP) is 3.49. The maximum Gasteiger partial charge on any atom is 0.416 e. The average Bonchev–Trinajstić information content (AvgIpc) is 2.86. The number of nitrogens with one attached hydrogen (secondary N) is 3. The van der Waals surface area contributed by atoms with Crippen molar-refractivity contribution in [3.05, 3.63) is 95.6 Å². The van der Waals surface area contributed by atoms with E-state index in [1.807, 2.05) is 18.2 Å². The first-order chi connectivity index (χ1) is 17.2. The van der Waals surface area contributed by atoms with Crippen molar-refractivity contribution in [3.8, 4) is 5.75 Å². The van der Waals surface area contributed by atoms with Crippen molar-refractivity contribution in [3.63, 3.8) is 0 Å². The van der Waals surface area contributed by atoms with Crippen LogP contribution < -0.4 is 20.8 Å². The average molecular weight is 498 g/mol. The van der Waals surface area contributed by atoms with E-state index in [0.717, 1.165) is 17.7 Å². The molecule has 3 aromatic carbocycles. The van der Waals surface area contributed by atoms with Gasteiger partial charge >= 0.3 is 18.0 Å². The Morgan fingerprint density at radius 3 is 2.39 bits per heavy atom. The molecule has 0 aliphatic rings. The van der Waals surface area contributed by atoms with Crippen LogP contribution >= 0.6 is 0 Å². The Hall–Kier alpha value is -4.67. The molecule has 0 aliphatic heterocycles. The lowest BCUT2D eigenvalue weighted by molar-refractivity contribution is -0.139. The lowest BCUT2D eigenvalue weighted by Crippen LogP contribution is -2.37. The summed E-state index contributed by atoms with van der Waals surface area (Å²) in [6.45, 7) is -0.257. The van der Waals surface area contributed by atoms with E-state index in [0.29, 0.717) is 5.56 Å². The molecule has 36 heavy (non-hydrogen) atoms. The van der Waals surface area contributed by atoms with E-state index < -0.39 is 36.1 Å². The van der Waals surface area contributed by atoms with Crippen LogP contribution in [0.2, 0.25) is 0 Å². The highest BCUT2D eigenvalue weighted by Crippen LogP contribution is 2.30. The number of hydrogen-bond acceptors (Lipinski definition) is 5. The molecule has 3 aromatic rings. The lowest BCUT2D eigenvalue weighted by Gasteiger charge is -2.10. The van der Waals surface area contributed by atoms with Crippen molar-refractivity contribution < 1.29 is 32.3 Å². The summed E-state index contributed by atoms with van der Waals surface area (Å²) in [6, 6.07) is 19.6. The molecule has 3 rings (SSSR count). The molecule has 0 heterocycles. The number of benzene rings is 3. The first kappa shape index (κ1) is 25.9. The summed E-state index contributed by atoms with van der Waals surface area (Å²) in [5.74, 6) is -2.16. The molecule has 3 amide bonds. The highest BCUT2D eigenvalue weighted by molar-refractivity contribution is 6.35. The Morgan fingerprint density at radius 1 is 0.889 bits per heavy atom. The van der Waals surface area contributed by atoms with Crippen molar-refractivity contribution in [2.75, 3.05) is 11.9 Å². The van der Waals surface area contributed by atoms with Crippen molar-refractivity contribution in [2.45, 2.75) is 12.7 Å². The molecule has 0 aromatic heterocycles. The number of anilines is 1. The number of alkyl halides is 3. The van der Waals surface area contributed by atoms with E-state index in [2.05, 4.69) is 21.2 Å². The van der Waals surface area contributed by atoms with E-state index >= 15 is 0 Å². The van der Waals surface area contributed by atoms with Crippen LogP contribution in [-0.4, -0.2) is 30.5 Å². The van der Waals surface area contributed by atoms with Gasteiger partial charge in [0, 0.05) is 12.2 Å². The number of hydrazone groups is 1. The zero-order chi connectivity index (χ0) is 26.0. The number of rotatable bonds is 8. The maximum atomic E-state index is 12.8. The quantitative estimate of drug-likeness (QED) is 0.251. The topological polar surface area (TPSA) is 109 Å². The summed E-state index contributed by atoms with van der Waals surface area (Å²) < 4.78 is 43.7. The summed E-state index contributed by atoms with van der Waals surface area (Å²) >= 11 is 0. The van der Waals surface area contributed by atoms with Crippen LogP contribution in [0.25, 0.3) is 0 Å². The zero-order valence-electron chi connectivity index (χ0n) is 18.7. The van der Waals surface area contributed by atoms with Crippen molar-refractivity contribution in [2.24, 2.45) is 5.10 Å². The second kappa shape index (κ2) is 12.2. The van der Waals surface area contributed by atoms with Crippen LogP contribution in [0, 0.1) is 0 Å². The number of halogens is 3. The fraction of sp³-hybridized carbons (Fsp3) is 0.120. The Bertz CT molecular complexity index is 1250. The number of ether oxygens (including phenoxy) is 1. The Balaban J connectivity index is 1.46. The van der Waals surface area contributed by atoms with Gasteiger partial charge in [-0.1, -0.05) is 48.5 Å². The molecule has 0 saturated heterocycles. The van der Waals surface area contributed by atoms with Crippen LogP contribution in [0.5, 0.6) is 5.75 Å². The van der Waals surface area contributed by atoms with Gasteiger partial charge in [0.1, 0.15) is 5.75 Å². The maximum absolute atomic E-state index is 12.8. The van der Waals surface area contributed by atoms with Gasteiger partial charge < -0.3 is 15.4 Å². The van der Waals surface area contributed by atoms with Gasteiger partial charge in [0.25, 0.3) is 5.91 Å². The molecule has 0 radical (unpaired) electrons. The molecule has 0 fully saturated rings. The van der Waals surface area contributed by atoms with Crippen LogP contribution in [0.3, 0.4) is 0 Å². The third-order valence-corrected chi connectivity index (χ3v) is 4.58. The third-order valence-electron chi connectivity index (χ3n) is 4.58. The van der Waals surface area contributed by atoms with Crippen molar-refractivity contribution >= 4 is 29.6 Å². The second-order valence-corrected chi connectivity index (χ2v) is 7.36. The minimum Gasteiger partial charge on any atom is -0.484 e. The molecule has 0 bridgehead atoms. The fourth-order valence-corrected chi connectivity index (χ4v) is 2.88. The molecule has 0 saturated carbocycles. The van der Waals surface area contributed by atoms with Gasteiger partial charge in [0.15, 0.2) is 6.61 Å². The lowest BCUT2D eigenvalue weighted by atomic mass is 10.2. The zero-order valence-corrected chi connectivity index (χ0v) is 18.7. The van der Waals surface area contributed by atoms with E-state index in [9.17, 15) is 27.6 Å². The Labute approximate surface area is 204 Å². The summed E-state index contributed by atoms with van der Waals surface area (Å²) in [5, 5.41) is 8.54. The number of carbonyl (C=O) groups excluding carboxylic acids is 3. The summed E-state index contributed by atoms with van der Waals surface area (Å²) in [6.07, 6.45) is -3.25. The number of hydrogen-bond donors (Lipinski definition) is 3. The van der Waals surface area contributed by atoms with E-state index in [1.54, 1.807) is 30.3 Å².